The van der Waals surface area contributed by atoms with Crippen LogP contribution in [0.15, 0.2) is 90.4 Å². The summed E-state index contributed by atoms with van der Waals surface area (Å²) in [4.78, 5) is 37.3. The van der Waals surface area contributed by atoms with Gasteiger partial charge in [-0.15, -0.1) is 0 Å². The third-order valence-electron chi connectivity index (χ3n) is 9.11. The standard InChI is InChI=1S/C20H21N7O.C18H18ClN5O3/c1-13-12-28-10-9-27(13)18-11-15(17-5-8-23-26(17)2)14-3-6-21-20(19(14)24-18)16-4-7-22-25-16;1-11(10-25)21-17(26)15-7-16(12-3-5-13(19)6-4-12)22-24(18(15)27)14-8-20-23(2)9-14/h3-8,11,13H,9-10,12H2,1-2H3,(H,22,25);3-9,11,25H,10H2,1-2H3,(H,21,26). The van der Waals surface area contributed by atoms with Crippen molar-refractivity contribution in [3.05, 3.63) is 107 Å². The molecule has 7 heterocycles. The minimum atomic E-state index is -0.586. The van der Waals surface area contributed by atoms with Gasteiger partial charge in [-0.2, -0.15) is 25.1 Å². The zero-order chi connectivity index (χ0) is 38.6. The second-order valence-electron chi connectivity index (χ2n) is 13.1. The van der Waals surface area contributed by atoms with E-state index in [-0.39, 0.29) is 18.2 Å². The first-order chi connectivity index (χ1) is 26.6. The molecule has 16 nitrogen and oxygen atoms in total. The average molecular weight is 763 g/mol. The highest BCUT2D eigenvalue weighted by Crippen LogP contribution is 2.35. The molecule has 6 aromatic heterocycles. The Hall–Kier alpha value is -6.23. The number of rotatable bonds is 8. The highest BCUT2D eigenvalue weighted by atomic mass is 35.5. The summed E-state index contributed by atoms with van der Waals surface area (Å²) < 4.78 is 10.2. The Balaban J connectivity index is 0.000000169. The largest absolute Gasteiger partial charge is 0.394 e. The van der Waals surface area contributed by atoms with Gasteiger partial charge in [-0.1, -0.05) is 23.7 Å². The van der Waals surface area contributed by atoms with Gasteiger partial charge >= 0.3 is 0 Å². The van der Waals surface area contributed by atoms with Gasteiger partial charge in [0.05, 0.1) is 55.3 Å². The van der Waals surface area contributed by atoms with Gasteiger partial charge in [0.15, 0.2) is 0 Å². The highest BCUT2D eigenvalue weighted by molar-refractivity contribution is 6.30. The molecule has 0 radical (unpaired) electrons. The molecular formula is C38H39ClN12O4. The third-order valence-corrected chi connectivity index (χ3v) is 9.36. The SMILES string of the molecule is CC(CO)NC(=O)c1cc(-c2ccc(Cl)cc2)nn(-c2cnn(C)c2)c1=O.CC1COCCN1c1cc(-c2ccnn2C)c2ccnc(-c3ccn[nH]3)c2n1. The number of fused-ring (bicyclic) bond motifs is 1. The number of aryl methyl sites for hydroxylation is 2. The Morgan fingerprint density at radius 1 is 1.09 bits per heavy atom. The van der Waals surface area contributed by atoms with Gasteiger partial charge in [0, 0.05) is 66.8 Å². The lowest BCUT2D eigenvalue weighted by Gasteiger charge is -2.34. The molecule has 1 aliphatic heterocycles. The molecule has 2 atom stereocenters. The normalized spacial score (nSPS) is 14.7. The summed E-state index contributed by atoms with van der Waals surface area (Å²) in [6.07, 6.45) is 8.47. The van der Waals surface area contributed by atoms with Crippen molar-refractivity contribution < 1.29 is 14.6 Å². The molecule has 17 heteroatoms. The number of hydrogen-bond acceptors (Lipinski definition) is 11. The van der Waals surface area contributed by atoms with Gasteiger partial charge in [0.25, 0.3) is 11.5 Å². The maximum atomic E-state index is 12.8. The zero-order valence-corrected chi connectivity index (χ0v) is 31.3. The van der Waals surface area contributed by atoms with E-state index in [0.29, 0.717) is 35.2 Å². The number of carbonyl (C=O) groups excluding carboxylic acids is 1. The number of H-pyrrole nitrogens is 1. The van der Waals surface area contributed by atoms with Gasteiger partial charge in [-0.3, -0.25) is 29.0 Å². The van der Waals surface area contributed by atoms with Crippen molar-refractivity contribution in [3.8, 4) is 39.6 Å². The van der Waals surface area contributed by atoms with E-state index in [1.165, 1.54) is 16.9 Å². The minimum Gasteiger partial charge on any atom is -0.394 e. The topological polar surface area (TPSA) is 187 Å². The van der Waals surface area contributed by atoms with Crippen molar-refractivity contribution in [1.82, 2.24) is 54.8 Å². The summed E-state index contributed by atoms with van der Waals surface area (Å²) in [7, 11) is 3.67. The lowest BCUT2D eigenvalue weighted by molar-refractivity contribution is 0.0920. The van der Waals surface area contributed by atoms with Crippen molar-refractivity contribution in [2.24, 2.45) is 14.1 Å². The van der Waals surface area contributed by atoms with Gasteiger partial charge in [-0.05, 0) is 56.3 Å². The van der Waals surface area contributed by atoms with Crippen molar-refractivity contribution in [3.63, 3.8) is 0 Å². The summed E-state index contributed by atoms with van der Waals surface area (Å²) in [6, 6.07) is 16.2. The molecule has 0 spiro atoms. The van der Waals surface area contributed by atoms with Gasteiger partial charge in [0.2, 0.25) is 0 Å². The Bertz CT molecular complexity index is 2490. The van der Waals surface area contributed by atoms with E-state index >= 15 is 0 Å². The minimum absolute atomic E-state index is 0.0842. The molecule has 1 fully saturated rings. The van der Waals surface area contributed by atoms with Crippen molar-refractivity contribution in [2.75, 3.05) is 31.3 Å². The van der Waals surface area contributed by atoms with Crippen LogP contribution in [-0.2, 0) is 18.8 Å². The summed E-state index contributed by atoms with van der Waals surface area (Å²) in [5, 5.41) is 33.2. The summed E-state index contributed by atoms with van der Waals surface area (Å²) >= 11 is 5.93. The first-order valence-corrected chi connectivity index (χ1v) is 17.9. The number of anilines is 1. The Morgan fingerprint density at radius 2 is 1.91 bits per heavy atom. The van der Waals surface area contributed by atoms with Crippen LogP contribution >= 0.6 is 11.6 Å². The Morgan fingerprint density at radius 3 is 2.58 bits per heavy atom. The fourth-order valence-electron chi connectivity index (χ4n) is 6.25. The number of amides is 1. The van der Waals surface area contributed by atoms with E-state index in [2.05, 4.69) is 53.7 Å². The van der Waals surface area contributed by atoms with Crippen molar-refractivity contribution >= 4 is 34.2 Å². The first kappa shape index (κ1) is 37.1. The maximum Gasteiger partial charge on any atom is 0.284 e. The molecule has 55 heavy (non-hydrogen) atoms. The van der Waals surface area contributed by atoms with E-state index < -0.39 is 17.5 Å². The van der Waals surface area contributed by atoms with Crippen LogP contribution in [0, 0.1) is 0 Å². The number of ether oxygens (including phenoxy) is 1. The van der Waals surface area contributed by atoms with Gasteiger partial charge in [0.1, 0.15) is 28.3 Å². The smallest absolute Gasteiger partial charge is 0.284 e. The van der Waals surface area contributed by atoms with Gasteiger partial charge in [-0.25, -0.2) is 4.98 Å². The fourth-order valence-corrected chi connectivity index (χ4v) is 6.37. The van der Waals surface area contributed by atoms with Crippen LogP contribution in [-0.4, -0.2) is 99.0 Å². The van der Waals surface area contributed by atoms with E-state index in [9.17, 15) is 9.59 Å². The number of pyridine rings is 2. The molecule has 2 unspecified atom stereocenters. The molecule has 0 bridgehead atoms. The van der Waals surface area contributed by atoms with Crippen molar-refractivity contribution in [2.45, 2.75) is 25.9 Å². The Labute approximate surface area is 320 Å². The molecule has 1 aromatic carbocycles. The lowest BCUT2D eigenvalue weighted by Crippen LogP contribution is -2.44. The zero-order valence-electron chi connectivity index (χ0n) is 30.6. The van der Waals surface area contributed by atoms with Crippen LogP contribution in [0.3, 0.4) is 0 Å². The highest BCUT2D eigenvalue weighted by Gasteiger charge is 2.24. The number of aliphatic hydroxyl groups is 1. The molecule has 0 aliphatic carbocycles. The van der Waals surface area contributed by atoms with E-state index in [1.54, 1.807) is 50.6 Å². The molecule has 0 saturated carbocycles. The summed E-state index contributed by atoms with van der Waals surface area (Å²) in [5.41, 5.74) is 5.50. The molecule has 3 N–H and O–H groups in total. The summed E-state index contributed by atoms with van der Waals surface area (Å²) in [6.45, 7) is 5.77. The summed E-state index contributed by atoms with van der Waals surface area (Å²) in [5.74, 6) is 0.338. The number of aliphatic hydroxyl groups excluding tert-OH is 1. The number of nitrogens with zero attached hydrogens (tertiary/aromatic N) is 10. The number of benzene rings is 1. The van der Waals surface area contributed by atoms with Crippen LogP contribution in [0.25, 0.3) is 50.5 Å². The van der Waals surface area contributed by atoms with Gasteiger partial charge < -0.3 is 20.1 Å². The van der Waals surface area contributed by atoms with Crippen LogP contribution in [0.2, 0.25) is 5.02 Å². The maximum absolute atomic E-state index is 12.8. The van der Waals surface area contributed by atoms with E-state index in [1.807, 2.05) is 42.3 Å². The molecule has 282 valence electrons. The third kappa shape index (κ3) is 7.87. The monoisotopic (exact) mass is 762 g/mol. The molecule has 1 saturated heterocycles. The van der Waals surface area contributed by atoms with Crippen LogP contribution in [0.5, 0.6) is 0 Å². The number of carbonyl (C=O) groups is 1. The fraction of sp³-hybridized carbons (Fsp3) is 0.263. The van der Waals surface area contributed by atoms with E-state index in [4.69, 9.17) is 26.4 Å². The van der Waals surface area contributed by atoms with Crippen LogP contribution in [0.4, 0.5) is 5.82 Å². The second-order valence-corrected chi connectivity index (χ2v) is 13.5. The first-order valence-electron chi connectivity index (χ1n) is 17.5. The number of halogens is 1. The molecule has 1 amide bonds. The lowest BCUT2D eigenvalue weighted by atomic mass is 10.0. The van der Waals surface area contributed by atoms with Crippen LogP contribution in [0.1, 0.15) is 24.2 Å². The molecule has 7 aromatic rings. The molecule has 1 aliphatic rings. The predicted octanol–water partition coefficient (Wildman–Crippen LogP) is 4.04. The van der Waals surface area contributed by atoms with Crippen LogP contribution < -0.4 is 15.8 Å². The second kappa shape index (κ2) is 16.0. The van der Waals surface area contributed by atoms with Crippen molar-refractivity contribution in [1.29, 1.82) is 0 Å². The number of morpholine rings is 1. The number of aromatic nitrogens is 10. The molecular weight excluding hydrogens is 724 g/mol. The number of aromatic amines is 1. The predicted molar refractivity (Wildman–Crippen MR) is 208 cm³/mol. The number of hydrogen-bond donors (Lipinski definition) is 3. The Kier molecular flexibility index (Phi) is 10.8. The van der Waals surface area contributed by atoms with E-state index in [0.717, 1.165) is 50.6 Å². The molecule has 8 rings (SSSR count). The number of nitrogens with one attached hydrogen (secondary N) is 2. The average Bonchev–Trinajstić information content (AvgIpc) is 3.98. The quantitative estimate of drug-likeness (QED) is 0.203.